The first-order valence-electron chi connectivity index (χ1n) is 14.5. The summed E-state index contributed by atoms with van der Waals surface area (Å²) in [6, 6.07) is 3.16. The van der Waals surface area contributed by atoms with Crippen molar-refractivity contribution >= 4 is 23.9 Å². The third kappa shape index (κ3) is 4.63. The maximum atomic E-state index is 13.4. The van der Waals surface area contributed by atoms with Crippen LogP contribution in [0.5, 0.6) is 0 Å². The van der Waals surface area contributed by atoms with Gasteiger partial charge >= 0.3 is 23.9 Å². The number of aryl methyl sites for hydroxylation is 1. The van der Waals surface area contributed by atoms with Gasteiger partial charge in [0.15, 0.2) is 6.10 Å². The van der Waals surface area contributed by atoms with Gasteiger partial charge in [0.1, 0.15) is 42.2 Å². The third-order valence-corrected chi connectivity index (χ3v) is 9.98. The Morgan fingerprint density at radius 1 is 1.14 bits per heavy atom. The highest BCUT2D eigenvalue weighted by molar-refractivity contribution is 5.90. The molecule has 3 heterocycles. The number of esters is 4. The number of carbonyl (C=O) groups excluding carboxylic acids is 4. The van der Waals surface area contributed by atoms with Crippen LogP contribution in [0.15, 0.2) is 18.3 Å². The van der Waals surface area contributed by atoms with Gasteiger partial charge < -0.3 is 39.0 Å². The van der Waals surface area contributed by atoms with Gasteiger partial charge in [-0.1, -0.05) is 6.92 Å². The molecular formula is C30H39NO12. The fraction of sp³-hybridized carbons (Fsp3) is 0.700. The first-order valence-corrected chi connectivity index (χ1v) is 14.5. The molecule has 1 aromatic rings. The number of carbonyl (C=O) groups is 4. The first kappa shape index (κ1) is 31.3. The van der Waals surface area contributed by atoms with Crippen LogP contribution in [0.4, 0.5) is 0 Å². The van der Waals surface area contributed by atoms with Gasteiger partial charge in [-0.2, -0.15) is 0 Å². The largest absolute Gasteiger partial charge is 0.465 e. The molecule has 3 fully saturated rings. The smallest absolute Gasteiger partial charge is 0.340 e. The normalized spacial score (nSPS) is 42.5. The second-order valence-corrected chi connectivity index (χ2v) is 12.7. The molecule has 2 aliphatic carbocycles. The second kappa shape index (κ2) is 10.8. The highest BCUT2D eigenvalue weighted by Gasteiger charge is 2.85. The van der Waals surface area contributed by atoms with Crippen molar-refractivity contribution in [2.45, 2.75) is 102 Å². The summed E-state index contributed by atoms with van der Waals surface area (Å²) in [5.74, 6) is -4.36. The summed E-state index contributed by atoms with van der Waals surface area (Å²) in [7, 11) is 0. The number of cyclic esters (lactones) is 1. The summed E-state index contributed by atoms with van der Waals surface area (Å²) in [4.78, 5) is 55.7. The Morgan fingerprint density at radius 3 is 2.53 bits per heavy atom. The van der Waals surface area contributed by atoms with E-state index in [1.165, 1.54) is 27.0 Å². The summed E-state index contributed by atoms with van der Waals surface area (Å²) >= 11 is 0. The number of rotatable bonds is 3. The SMILES string of the molecule is CC(=O)OC[C@]12CC[C@H]3[C@@H](OC(C)=O)[C@@]14O[C@@]3(C)COC(=O)c1cccnc1CCC(C)C(=O)OC([C@H](O)[C@@H]2O)[C@]4(C)O. The molecule has 1 aromatic heterocycles. The van der Waals surface area contributed by atoms with E-state index < -0.39 is 89.0 Å². The number of ether oxygens (including phenoxy) is 5. The zero-order valence-corrected chi connectivity index (χ0v) is 24.9. The van der Waals surface area contributed by atoms with Gasteiger partial charge in [0, 0.05) is 26.0 Å². The van der Waals surface area contributed by atoms with Crippen molar-refractivity contribution < 1.29 is 58.2 Å². The van der Waals surface area contributed by atoms with E-state index in [1.807, 2.05) is 0 Å². The molecule has 2 aliphatic heterocycles. The monoisotopic (exact) mass is 605 g/mol. The van der Waals surface area contributed by atoms with Crippen LogP contribution in [0.1, 0.15) is 69.9 Å². The average molecular weight is 606 g/mol. The molecule has 43 heavy (non-hydrogen) atoms. The minimum Gasteiger partial charge on any atom is -0.465 e. The quantitative estimate of drug-likeness (QED) is 0.322. The van der Waals surface area contributed by atoms with E-state index in [0.717, 1.165) is 0 Å². The Balaban J connectivity index is 1.72. The van der Waals surface area contributed by atoms with Crippen molar-refractivity contribution in [3.05, 3.63) is 29.6 Å². The standard InChI is InChI=1S/C30H39NO12/c1-15-8-9-20-18(7-6-12-31-20)26(37)40-13-27(4)19-10-11-29(14-39-16(2)32)22(35)21(34)24(42-25(15)36)28(5,38)30(29,43-27)23(19)41-17(3)33/h6-7,12,15,19,21-24,34-35,38H,8-11,13-14H2,1-5H3/t15?,19-,21+,22-,23+,24?,27-,28-,29-,30-/m0/s1. The predicted molar refractivity (Wildman–Crippen MR) is 144 cm³/mol. The topological polar surface area (TPSA) is 188 Å². The summed E-state index contributed by atoms with van der Waals surface area (Å²) in [6.45, 7) is 5.98. The first-order chi connectivity index (χ1) is 20.1. The lowest BCUT2D eigenvalue weighted by molar-refractivity contribution is -0.366. The number of fused-ring (bicyclic) bond motifs is 5. The molecule has 0 amide bonds. The van der Waals surface area contributed by atoms with Gasteiger partial charge in [-0.05, 0) is 51.7 Å². The number of hydrogen-bond donors (Lipinski definition) is 3. The molecule has 236 valence electrons. The minimum atomic E-state index is -2.33. The molecule has 4 aliphatic rings. The third-order valence-electron chi connectivity index (χ3n) is 9.98. The highest BCUT2D eigenvalue weighted by Crippen LogP contribution is 2.68. The Hall–Kier alpha value is -3.13. The zero-order chi connectivity index (χ0) is 31.5. The average Bonchev–Trinajstić information content (AvgIpc) is 3.12. The van der Waals surface area contributed by atoms with E-state index in [9.17, 15) is 34.5 Å². The van der Waals surface area contributed by atoms with Crippen LogP contribution in [0.25, 0.3) is 0 Å². The molecule has 0 radical (unpaired) electrons. The van der Waals surface area contributed by atoms with Gasteiger partial charge in [-0.3, -0.25) is 19.4 Å². The van der Waals surface area contributed by atoms with Crippen LogP contribution in [0.3, 0.4) is 0 Å². The number of aliphatic hydroxyl groups is 3. The number of aromatic nitrogens is 1. The lowest BCUT2D eigenvalue weighted by Gasteiger charge is -2.65. The Morgan fingerprint density at radius 2 is 1.86 bits per heavy atom. The molecule has 2 saturated carbocycles. The number of pyridine rings is 1. The Labute approximate surface area is 248 Å². The lowest BCUT2D eigenvalue weighted by atomic mass is 9.47. The predicted octanol–water partition coefficient (Wildman–Crippen LogP) is 0.638. The van der Waals surface area contributed by atoms with Crippen LogP contribution in [-0.4, -0.2) is 98.6 Å². The maximum absolute atomic E-state index is 13.4. The molecular weight excluding hydrogens is 566 g/mol. The summed E-state index contributed by atoms with van der Waals surface area (Å²) in [5, 5.41) is 35.8. The molecule has 2 unspecified atom stereocenters. The molecule has 3 N–H and O–H groups in total. The van der Waals surface area contributed by atoms with Gasteiger partial charge in [-0.15, -0.1) is 0 Å². The number of hydrogen-bond acceptors (Lipinski definition) is 13. The Kier molecular flexibility index (Phi) is 7.86. The fourth-order valence-corrected chi connectivity index (χ4v) is 7.83. The van der Waals surface area contributed by atoms with Crippen LogP contribution < -0.4 is 0 Å². The molecule has 10 atom stereocenters. The lowest BCUT2D eigenvalue weighted by Crippen LogP contribution is -2.84. The van der Waals surface area contributed by atoms with Crippen LogP contribution in [0.2, 0.25) is 0 Å². The van der Waals surface area contributed by atoms with Crippen LogP contribution >= 0.6 is 0 Å². The zero-order valence-electron chi connectivity index (χ0n) is 24.9. The van der Waals surface area contributed by atoms with Crippen molar-refractivity contribution in [3.8, 4) is 0 Å². The molecule has 0 aromatic carbocycles. The van der Waals surface area contributed by atoms with Crippen molar-refractivity contribution in [3.63, 3.8) is 0 Å². The van der Waals surface area contributed by atoms with Gasteiger partial charge in [0.2, 0.25) is 0 Å². The Bertz CT molecular complexity index is 1320. The van der Waals surface area contributed by atoms with E-state index in [1.54, 1.807) is 26.0 Å². The van der Waals surface area contributed by atoms with E-state index in [0.29, 0.717) is 5.69 Å². The van der Waals surface area contributed by atoms with Crippen molar-refractivity contribution in [1.29, 1.82) is 0 Å². The van der Waals surface area contributed by atoms with E-state index in [4.69, 9.17) is 23.7 Å². The van der Waals surface area contributed by atoms with Gasteiger partial charge in [0.25, 0.3) is 0 Å². The fourth-order valence-electron chi connectivity index (χ4n) is 7.83. The van der Waals surface area contributed by atoms with Crippen LogP contribution in [0, 0.1) is 17.3 Å². The minimum absolute atomic E-state index is 0.0461. The van der Waals surface area contributed by atoms with Gasteiger partial charge in [0.05, 0.1) is 28.7 Å². The van der Waals surface area contributed by atoms with Crippen molar-refractivity contribution in [2.75, 3.05) is 13.2 Å². The van der Waals surface area contributed by atoms with Gasteiger partial charge in [-0.25, -0.2) is 4.79 Å². The van der Waals surface area contributed by atoms with Crippen molar-refractivity contribution in [1.82, 2.24) is 4.98 Å². The molecule has 1 saturated heterocycles. The van der Waals surface area contributed by atoms with E-state index >= 15 is 0 Å². The summed E-state index contributed by atoms with van der Waals surface area (Å²) < 4.78 is 29.6. The number of aliphatic hydroxyl groups excluding tert-OH is 2. The summed E-state index contributed by atoms with van der Waals surface area (Å²) in [5.41, 5.74) is -6.96. The second-order valence-electron chi connectivity index (χ2n) is 12.7. The molecule has 13 nitrogen and oxygen atoms in total. The molecule has 1 spiro atoms. The van der Waals surface area contributed by atoms with E-state index in [-0.39, 0.29) is 37.9 Å². The molecule has 13 heteroatoms. The van der Waals surface area contributed by atoms with Crippen LogP contribution in [-0.2, 0) is 44.5 Å². The maximum Gasteiger partial charge on any atom is 0.340 e. The number of nitrogens with zero attached hydrogens (tertiary/aromatic N) is 1. The summed E-state index contributed by atoms with van der Waals surface area (Å²) in [6.07, 6.45) is -4.44. The van der Waals surface area contributed by atoms with Crippen molar-refractivity contribution in [2.24, 2.45) is 17.3 Å². The molecule has 4 bridgehead atoms. The highest BCUT2D eigenvalue weighted by atomic mass is 16.6. The van der Waals surface area contributed by atoms with E-state index in [2.05, 4.69) is 4.98 Å². The molecule has 5 rings (SSSR count).